The lowest BCUT2D eigenvalue weighted by atomic mass is 9.95. The van der Waals surface area contributed by atoms with Gasteiger partial charge >= 0.3 is 0 Å². The number of anilines is 1. The topological polar surface area (TPSA) is 62.2 Å². The molecule has 1 aliphatic carbocycles. The predicted octanol–water partition coefficient (Wildman–Crippen LogP) is 5.53. The first-order valence-corrected chi connectivity index (χ1v) is 12.7. The lowest BCUT2D eigenvalue weighted by molar-refractivity contribution is -0.116. The maximum absolute atomic E-state index is 13.2. The summed E-state index contributed by atoms with van der Waals surface area (Å²) in [5.74, 6) is -0.473. The lowest BCUT2D eigenvalue weighted by Crippen LogP contribution is -2.32. The average molecular weight is 492 g/mol. The quantitative estimate of drug-likeness (QED) is 0.426. The average Bonchev–Trinajstić information content (AvgIpc) is 3.50. The summed E-state index contributed by atoms with van der Waals surface area (Å²) in [7, 11) is 0. The van der Waals surface area contributed by atoms with Crippen LogP contribution in [0.3, 0.4) is 0 Å². The van der Waals surface area contributed by atoms with Crippen LogP contribution in [0.2, 0.25) is 0 Å². The maximum atomic E-state index is 13.2. The molecule has 8 heteroatoms. The van der Waals surface area contributed by atoms with Gasteiger partial charge in [-0.1, -0.05) is 25.3 Å². The molecule has 2 fully saturated rings. The van der Waals surface area contributed by atoms with Crippen molar-refractivity contribution in [3.05, 3.63) is 84.2 Å². The van der Waals surface area contributed by atoms with Crippen molar-refractivity contribution < 1.29 is 9.18 Å². The summed E-state index contributed by atoms with van der Waals surface area (Å²) in [6, 6.07) is 14.2. The Morgan fingerprint density at radius 1 is 1.11 bits per heavy atom. The number of carbonyl (C=O) groups excluding carboxylic acids is 1. The second-order valence-corrected chi connectivity index (χ2v) is 9.70. The van der Waals surface area contributed by atoms with Gasteiger partial charge in [0.25, 0.3) is 0 Å². The second kappa shape index (κ2) is 10.6. The monoisotopic (exact) mass is 491 g/mol. The summed E-state index contributed by atoms with van der Waals surface area (Å²) >= 11 is 5.73. The number of benzene rings is 1. The largest absolute Gasteiger partial charge is 0.352 e. The Morgan fingerprint density at radius 3 is 2.66 bits per heavy atom. The molecule has 5 rings (SSSR count). The van der Waals surface area contributed by atoms with Crippen molar-refractivity contribution in [1.82, 2.24) is 19.8 Å². The molecule has 0 bridgehead atoms. The third-order valence-corrected chi connectivity index (χ3v) is 7.33. The van der Waals surface area contributed by atoms with E-state index in [1.807, 2.05) is 18.2 Å². The zero-order valence-electron chi connectivity index (χ0n) is 19.6. The first-order chi connectivity index (χ1) is 17.1. The van der Waals surface area contributed by atoms with Gasteiger partial charge in [0.1, 0.15) is 5.82 Å². The number of halogens is 1. The van der Waals surface area contributed by atoms with Crippen LogP contribution in [0.4, 0.5) is 10.1 Å². The molecule has 3 aromatic rings. The number of hydrogen-bond acceptors (Lipinski definition) is 3. The summed E-state index contributed by atoms with van der Waals surface area (Å²) in [5.41, 5.74) is 2.66. The Bertz CT molecular complexity index is 1160. The number of hydrogen-bond donors (Lipinski definition) is 2. The van der Waals surface area contributed by atoms with Gasteiger partial charge < -0.3 is 20.1 Å². The molecule has 1 aromatic carbocycles. The van der Waals surface area contributed by atoms with Crippen LogP contribution >= 0.6 is 12.2 Å². The van der Waals surface area contributed by atoms with Gasteiger partial charge in [0.2, 0.25) is 5.91 Å². The van der Waals surface area contributed by atoms with Gasteiger partial charge in [-0.15, -0.1) is 0 Å². The van der Waals surface area contributed by atoms with Gasteiger partial charge in [-0.25, -0.2) is 4.39 Å². The maximum Gasteiger partial charge on any atom is 0.226 e. The minimum atomic E-state index is -0.333. The normalized spacial score (nSPS) is 20.6. The first-order valence-electron chi connectivity index (χ1n) is 12.3. The molecule has 35 heavy (non-hydrogen) atoms. The Morgan fingerprint density at radius 2 is 1.91 bits per heavy atom. The number of thiocarbonyl (C=S) groups is 1. The Balaban J connectivity index is 1.35. The van der Waals surface area contributed by atoms with E-state index in [1.54, 1.807) is 18.3 Å². The van der Waals surface area contributed by atoms with Crippen molar-refractivity contribution in [2.75, 3.05) is 11.9 Å². The van der Waals surface area contributed by atoms with E-state index in [-0.39, 0.29) is 30.2 Å². The molecule has 2 aliphatic rings. The van der Waals surface area contributed by atoms with Crippen molar-refractivity contribution >= 4 is 28.9 Å². The summed E-state index contributed by atoms with van der Waals surface area (Å²) in [5, 5.41) is 6.91. The molecule has 2 atom stereocenters. The molecule has 1 aliphatic heterocycles. The van der Waals surface area contributed by atoms with Crippen molar-refractivity contribution in [3.8, 4) is 0 Å². The predicted molar refractivity (Wildman–Crippen MR) is 138 cm³/mol. The minimum absolute atomic E-state index is 0.0686. The van der Waals surface area contributed by atoms with Crippen molar-refractivity contribution in [3.63, 3.8) is 0 Å². The molecule has 182 valence electrons. The van der Waals surface area contributed by atoms with Gasteiger partial charge in [0.15, 0.2) is 5.11 Å². The van der Waals surface area contributed by atoms with Gasteiger partial charge in [0, 0.05) is 43.3 Å². The highest BCUT2D eigenvalue weighted by Gasteiger charge is 2.40. The van der Waals surface area contributed by atoms with Gasteiger partial charge in [-0.05, 0) is 73.1 Å². The van der Waals surface area contributed by atoms with Crippen LogP contribution in [0.15, 0.2) is 67.1 Å². The van der Waals surface area contributed by atoms with E-state index in [4.69, 9.17) is 12.2 Å². The van der Waals surface area contributed by atoms with E-state index < -0.39 is 0 Å². The molecule has 2 aromatic heterocycles. The second-order valence-electron chi connectivity index (χ2n) is 9.31. The number of aromatic nitrogens is 2. The molecule has 1 saturated heterocycles. The Labute approximate surface area is 210 Å². The minimum Gasteiger partial charge on any atom is -0.352 e. The van der Waals surface area contributed by atoms with Crippen LogP contribution in [0.5, 0.6) is 0 Å². The SMILES string of the molecule is O=C(CCN1C(=S)N[C@H](c2ccccn2)[C@@H]1c1ccn(C2CCCCC2)c1)Nc1ccc(F)cc1. The highest BCUT2D eigenvalue weighted by molar-refractivity contribution is 7.80. The van der Waals surface area contributed by atoms with Crippen molar-refractivity contribution in [1.29, 1.82) is 0 Å². The van der Waals surface area contributed by atoms with Crippen LogP contribution in [0.25, 0.3) is 0 Å². The van der Waals surface area contributed by atoms with Gasteiger partial charge in [0.05, 0.1) is 17.8 Å². The summed E-state index contributed by atoms with van der Waals surface area (Å²) < 4.78 is 15.5. The van der Waals surface area contributed by atoms with Gasteiger partial charge in [-0.2, -0.15) is 0 Å². The van der Waals surface area contributed by atoms with E-state index >= 15 is 0 Å². The molecule has 1 amide bonds. The van der Waals surface area contributed by atoms with Crippen molar-refractivity contribution in [2.45, 2.75) is 56.7 Å². The Kier molecular flexibility index (Phi) is 7.08. The molecule has 6 nitrogen and oxygen atoms in total. The first kappa shape index (κ1) is 23.5. The molecular weight excluding hydrogens is 461 g/mol. The summed E-state index contributed by atoms with van der Waals surface area (Å²) in [6.07, 6.45) is 12.8. The zero-order valence-corrected chi connectivity index (χ0v) is 20.4. The summed E-state index contributed by atoms with van der Waals surface area (Å²) in [4.78, 5) is 19.3. The smallest absolute Gasteiger partial charge is 0.226 e. The molecule has 0 spiro atoms. The van der Waals surface area contributed by atoms with Crippen LogP contribution in [0, 0.1) is 5.82 Å². The van der Waals surface area contributed by atoms with Gasteiger partial charge in [-0.3, -0.25) is 9.78 Å². The number of amides is 1. The number of nitrogens with one attached hydrogen (secondary N) is 2. The molecular formula is C27H30FN5OS. The molecule has 0 unspecified atom stereocenters. The van der Waals surface area contributed by atoms with E-state index in [1.165, 1.54) is 44.2 Å². The number of nitrogens with zero attached hydrogens (tertiary/aromatic N) is 3. The zero-order chi connectivity index (χ0) is 24.2. The fourth-order valence-electron chi connectivity index (χ4n) is 5.20. The van der Waals surface area contributed by atoms with Crippen LogP contribution in [-0.2, 0) is 4.79 Å². The van der Waals surface area contributed by atoms with E-state index in [9.17, 15) is 9.18 Å². The fraction of sp³-hybridized carbons (Fsp3) is 0.370. The van der Waals surface area contributed by atoms with Crippen LogP contribution in [-0.4, -0.2) is 32.0 Å². The highest BCUT2D eigenvalue weighted by atomic mass is 32.1. The molecule has 1 saturated carbocycles. The standard InChI is InChI=1S/C27H30FN5OS/c28-20-9-11-21(12-10-20)30-24(34)14-17-33-26(25(31-27(33)35)23-8-4-5-15-29-23)19-13-16-32(18-19)22-6-2-1-3-7-22/h4-5,8-13,15-16,18,22,25-26H,1-3,6-7,14,17H2,(H,30,34)(H,31,35)/t25-,26+/m1/s1. The molecule has 3 heterocycles. The molecule has 0 radical (unpaired) electrons. The fourth-order valence-corrected chi connectivity index (χ4v) is 5.53. The summed E-state index contributed by atoms with van der Waals surface area (Å²) in [6.45, 7) is 0.460. The Hall–Kier alpha value is -3.26. The van der Waals surface area contributed by atoms with E-state index in [0.29, 0.717) is 23.4 Å². The van der Waals surface area contributed by atoms with E-state index in [2.05, 4.69) is 43.5 Å². The third-order valence-electron chi connectivity index (χ3n) is 6.98. The van der Waals surface area contributed by atoms with Crippen LogP contribution < -0.4 is 10.6 Å². The number of rotatable bonds is 7. The lowest BCUT2D eigenvalue weighted by Gasteiger charge is -2.27. The number of pyridine rings is 1. The number of carbonyl (C=O) groups is 1. The highest BCUT2D eigenvalue weighted by Crippen LogP contribution is 2.39. The van der Waals surface area contributed by atoms with Crippen LogP contribution in [0.1, 0.15) is 67.9 Å². The third kappa shape index (κ3) is 5.37. The van der Waals surface area contributed by atoms with Crippen molar-refractivity contribution in [2.24, 2.45) is 0 Å². The van der Waals surface area contributed by atoms with E-state index in [0.717, 1.165) is 11.3 Å². The molecule has 2 N–H and O–H groups in total.